The van der Waals surface area contributed by atoms with Crippen LogP contribution in [0.1, 0.15) is 73.8 Å². The SMILES string of the molecule is Cc1cc2[nH]c1C(C(=O)NN)=c1cc(C(=O)NN)c([nH]1)=Cc1[nH]c(c(CCC(=O)O)c1C)C=c1[nH]c(c(C)c1CCC(=O)O)=C2. The first-order chi connectivity index (χ1) is 21.4. The maximum absolute atomic E-state index is 13.2. The number of aromatic nitrogens is 4. The van der Waals surface area contributed by atoms with Crippen LogP contribution in [0.2, 0.25) is 0 Å². The Balaban J connectivity index is 1.94. The number of nitrogens with one attached hydrogen (secondary N) is 6. The van der Waals surface area contributed by atoms with Crippen LogP contribution < -0.4 is 43.9 Å². The Hall–Kier alpha value is -5.60. The normalized spacial score (nSPS) is 12.2. The first-order valence-electron chi connectivity index (χ1n) is 14.1. The largest absolute Gasteiger partial charge is 0.481 e. The van der Waals surface area contributed by atoms with E-state index in [1.54, 1.807) is 6.08 Å². The fraction of sp³-hybridized carbons (Fsp3) is 0.226. The molecule has 8 bridgehead atoms. The molecule has 2 amide bonds. The number of aliphatic carboxylic acids is 2. The van der Waals surface area contributed by atoms with Crippen LogP contribution in [0, 0.1) is 20.8 Å². The Labute approximate surface area is 255 Å². The molecular formula is C31H34N8O6. The number of nitrogens with two attached hydrogens (primary N) is 2. The van der Waals surface area contributed by atoms with Gasteiger partial charge in [0.15, 0.2) is 0 Å². The number of carboxylic acids is 2. The van der Waals surface area contributed by atoms with Crippen LogP contribution in [0.15, 0.2) is 12.1 Å². The van der Waals surface area contributed by atoms with Gasteiger partial charge in [-0.3, -0.25) is 30.0 Å². The van der Waals surface area contributed by atoms with Crippen molar-refractivity contribution in [2.75, 3.05) is 0 Å². The van der Waals surface area contributed by atoms with Crippen molar-refractivity contribution in [1.29, 1.82) is 0 Å². The van der Waals surface area contributed by atoms with E-state index in [2.05, 4.69) is 30.8 Å². The average Bonchev–Trinajstić information content (AvgIpc) is 3.72. The number of hydrogen-bond donors (Lipinski definition) is 10. The summed E-state index contributed by atoms with van der Waals surface area (Å²) in [5.74, 6) is 7.98. The van der Waals surface area contributed by atoms with Gasteiger partial charge in [-0.2, -0.15) is 0 Å². The number of aryl methyl sites for hydroxylation is 1. The number of fused-ring (bicyclic) bond motifs is 8. The summed E-state index contributed by atoms with van der Waals surface area (Å²) in [6.45, 7) is 5.56. The molecule has 1 aliphatic rings. The predicted octanol–water partition coefficient (Wildman–Crippen LogP) is -1.45. The minimum absolute atomic E-state index is 0.0905. The molecule has 5 heterocycles. The minimum Gasteiger partial charge on any atom is -0.481 e. The van der Waals surface area contributed by atoms with E-state index in [0.29, 0.717) is 38.8 Å². The minimum atomic E-state index is -0.960. The van der Waals surface area contributed by atoms with Gasteiger partial charge in [0.25, 0.3) is 11.8 Å². The Morgan fingerprint density at radius 1 is 0.711 bits per heavy atom. The molecule has 0 unspecified atom stereocenters. The molecular weight excluding hydrogens is 580 g/mol. The van der Waals surface area contributed by atoms with Crippen LogP contribution in [0.5, 0.6) is 0 Å². The molecule has 0 radical (unpaired) electrons. The highest BCUT2D eigenvalue weighted by atomic mass is 16.4. The van der Waals surface area contributed by atoms with Crippen molar-refractivity contribution < 1.29 is 29.4 Å². The predicted molar refractivity (Wildman–Crippen MR) is 165 cm³/mol. The molecule has 4 aromatic rings. The van der Waals surface area contributed by atoms with Gasteiger partial charge >= 0.3 is 11.9 Å². The Morgan fingerprint density at radius 3 is 2.00 bits per heavy atom. The zero-order valence-electron chi connectivity index (χ0n) is 24.9. The van der Waals surface area contributed by atoms with E-state index in [0.717, 1.165) is 33.2 Å². The second-order valence-electron chi connectivity index (χ2n) is 10.9. The summed E-state index contributed by atoms with van der Waals surface area (Å²) in [6.07, 6.45) is 5.65. The number of carbonyl (C=O) groups excluding carboxylic acids is 2. The molecule has 14 heteroatoms. The summed E-state index contributed by atoms with van der Waals surface area (Å²) < 4.78 is 0. The third-order valence-electron chi connectivity index (χ3n) is 8.09. The van der Waals surface area contributed by atoms with E-state index in [4.69, 9.17) is 11.7 Å². The van der Waals surface area contributed by atoms with Gasteiger partial charge in [-0.15, -0.1) is 0 Å². The maximum Gasteiger partial charge on any atom is 0.303 e. The molecule has 0 spiro atoms. The molecule has 0 aromatic carbocycles. The molecule has 0 aliphatic carbocycles. The molecule has 0 atom stereocenters. The number of rotatable bonds is 8. The highest BCUT2D eigenvalue weighted by Crippen LogP contribution is 2.23. The second kappa shape index (κ2) is 12.2. The van der Waals surface area contributed by atoms with Crippen molar-refractivity contribution >= 4 is 47.6 Å². The van der Waals surface area contributed by atoms with Gasteiger partial charge < -0.3 is 30.1 Å². The summed E-state index contributed by atoms with van der Waals surface area (Å²) in [5, 5.41) is 20.9. The van der Waals surface area contributed by atoms with Crippen molar-refractivity contribution in [2.24, 2.45) is 11.7 Å². The van der Waals surface area contributed by atoms with Crippen molar-refractivity contribution in [3.8, 4) is 0 Å². The molecule has 0 fully saturated rings. The summed E-state index contributed by atoms with van der Waals surface area (Å²) in [4.78, 5) is 62.4. The zero-order chi connectivity index (χ0) is 32.6. The molecule has 4 aromatic heterocycles. The summed E-state index contributed by atoms with van der Waals surface area (Å²) in [7, 11) is 0. The van der Waals surface area contributed by atoms with E-state index >= 15 is 0 Å². The van der Waals surface area contributed by atoms with Crippen molar-refractivity contribution in [1.82, 2.24) is 30.8 Å². The summed E-state index contributed by atoms with van der Waals surface area (Å²) in [6, 6.07) is 3.36. The van der Waals surface area contributed by atoms with Crippen LogP contribution in [0.3, 0.4) is 0 Å². The number of aromatic amines is 4. The first-order valence-corrected chi connectivity index (χ1v) is 14.1. The van der Waals surface area contributed by atoms with Gasteiger partial charge in [0.1, 0.15) is 0 Å². The van der Waals surface area contributed by atoms with Crippen LogP contribution in [-0.4, -0.2) is 53.9 Å². The van der Waals surface area contributed by atoms with Gasteiger partial charge in [-0.05, 0) is 91.8 Å². The number of carboxylic acid groups (broad SMARTS) is 2. The molecule has 234 valence electrons. The van der Waals surface area contributed by atoms with Crippen LogP contribution >= 0.6 is 0 Å². The number of hydrazine groups is 2. The number of hydrogen-bond acceptors (Lipinski definition) is 6. The third-order valence-corrected chi connectivity index (χ3v) is 8.09. The second-order valence-corrected chi connectivity index (χ2v) is 10.9. The summed E-state index contributed by atoms with van der Waals surface area (Å²) in [5.41, 5.74) is 10.8. The Morgan fingerprint density at radius 2 is 1.36 bits per heavy atom. The van der Waals surface area contributed by atoms with Gasteiger partial charge in [0, 0.05) is 40.6 Å². The highest BCUT2D eigenvalue weighted by molar-refractivity contribution is 6.18. The average molecular weight is 615 g/mol. The maximum atomic E-state index is 13.2. The molecule has 45 heavy (non-hydrogen) atoms. The lowest BCUT2D eigenvalue weighted by molar-refractivity contribution is -0.138. The lowest BCUT2D eigenvalue weighted by Crippen LogP contribution is -2.34. The van der Waals surface area contributed by atoms with E-state index in [1.165, 1.54) is 6.07 Å². The summed E-state index contributed by atoms with van der Waals surface area (Å²) >= 11 is 0. The Bertz CT molecular complexity index is 2130. The number of H-pyrrole nitrogens is 4. The van der Waals surface area contributed by atoms with Crippen molar-refractivity contribution in [2.45, 2.75) is 46.5 Å². The van der Waals surface area contributed by atoms with Gasteiger partial charge in [0.2, 0.25) is 0 Å². The van der Waals surface area contributed by atoms with Gasteiger partial charge in [0.05, 0.1) is 27.5 Å². The smallest absolute Gasteiger partial charge is 0.303 e. The number of amides is 2. The van der Waals surface area contributed by atoms with Gasteiger partial charge in [-0.1, -0.05) is 0 Å². The number of carbonyl (C=O) groups is 4. The molecule has 0 saturated carbocycles. The molecule has 5 rings (SSSR count). The Kier molecular flexibility index (Phi) is 8.35. The monoisotopic (exact) mass is 614 g/mol. The topological polar surface area (TPSA) is 248 Å². The van der Waals surface area contributed by atoms with E-state index in [1.807, 2.05) is 39.0 Å². The first kappa shape index (κ1) is 30.8. The quantitative estimate of drug-likeness (QED) is 0.0637. The number of nitrogen functional groups attached to an aromatic ring is 1. The van der Waals surface area contributed by atoms with E-state index < -0.39 is 23.8 Å². The molecule has 0 saturated heterocycles. The lowest BCUT2D eigenvalue weighted by atomic mass is 10.0. The third kappa shape index (κ3) is 5.96. The van der Waals surface area contributed by atoms with Crippen LogP contribution in [0.25, 0.3) is 23.8 Å². The molecule has 12 N–H and O–H groups in total. The zero-order valence-corrected chi connectivity index (χ0v) is 24.9. The van der Waals surface area contributed by atoms with Crippen LogP contribution in [0.4, 0.5) is 0 Å². The molecule has 1 aliphatic heterocycles. The van der Waals surface area contributed by atoms with E-state index in [-0.39, 0.29) is 36.8 Å². The van der Waals surface area contributed by atoms with Crippen molar-refractivity contribution in [3.05, 3.63) is 89.7 Å². The van der Waals surface area contributed by atoms with E-state index in [9.17, 15) is 29.4 Å². The van der Waals surface area contributed by atoms with Crippen molar-refractivity contribution in [3.63, 3.8) is 0 Å². The fourth-order valence-electron chi connectivity index (χ4n) is 5.79. The van der Waals surface area contributed by atoms with Crippen LogP contribution in [-0.2, 0) is 27.2 Å². The molecule has 14 nitrogen and oxygen atoms in total. The van der Waals surface area contributed by atoms with Gasteiger partial charge in [-0.25, -0.2) is 11.7 Å². The standard InChI is InChI=1S/C31H34N8O6/c1-13-8-16-9-20-14(2)17(4-6-26(40)41)22(35-20)12-23-18(5-7-27(42)43)15(3)21(36-23)11-24-19(30(44)38-32)10-25(37-24)28(29(13)34-16)31(45)39-33/h8-12,34-37H,4-7,32-33H2,1-3H3,(H,38,44)(H,39,45)(H,40,41)(H,42,43). The lowest BCUT2D eigenvalue weighted by Gasteiger charge is -2.05. The highest BCUT2D eigenvalue weighted by Gasteiger charge is 2.21. The fourth-order valence-corrected chi connectivity index (χ4v) is 5.79.